The number of aryl methyl sites for hydroxylation is 1. The van der Waals surface area contributed by atoms with Gasteiger partial charge in [-0.15, -0.1) is 0 Å². The predicted molar refractivity (Wildman–Crippen MR) is 110 cm³/mol. The zero-order valence-corrected chi connectivity index (χ0v) is 17.4. The molecule has 2 aliphatic rings. The van der Waals surface area contributed by atoms with Gasteiger partial charge in [-0.3, -0.25) is 4.79 Å². The maximum Gasteiger partial charge on any atom is 0.226 e. The lowest BCUT2D eigenvalue weighted by Gasteiger charge is -2.18. The highest BCUT2D eigenvalue weighted by atomic mass is 32.2. The van der Waals surface area contributed by atoms with Gasteiger partial charge in [-0.2, -0.15) is 0 Å². The average Bonchev–Trinajstić information content (AvgIpc) is 3.34. The summed E-state index contributed by atoms with van der Waals surface area (Å²) in [4.78, 5) is 14.7. The van der Waals surface area contributed by atoms with E-state index < -0.39 is 10.0 Å². The second-order valence-electron chi connectivity index (χ2n) is 8.14. The van der Waals surface area contributed by atoms with E-state index in [-0.39, 0.29) is 29.6 Å². The first-order chi connectivity index (χ1) is 13.7. The molecule has 29 heavy (non-hydrogen) atoms. The van der Waals surface area contributed by atoms with Crippen LogP contribution < -0.4 is 4.72 Å². The fourth-order valence-corrected chi connectivity index (χ4v) is 5.11. The van der Waals surface area contributed by atoms with Crippen LogP contribution in [0.4, 0.5) is 4.39 Å². The number of halogens is 1. The zero-order valence-electron chi connectivity index (χ0n) is 16.6. The number of nitrogens with one attached hydrogen (secondary N) is 1. The van der Waals surface area contributed by atoms with Crippen molar-refractivity contribution in [2.75, 3.05) is 19.3 Å². The van der Waals surface area contributed by atoms with Crippen LogP contribution in [0.1, 0.15) is 29.9 Å². The topological polar surface area (TPSA) is 66.5 Å². The summed E-state index contributed by atoms with van der Waals surface area (Å²) >= 11 is 0. The SMILES string of the molecule is Cc1ccc([C@@H]2C[C@H]2C(=O)N2CC[C@H](NS(C)(=O)=O)C2)c(-c2ccccc2)c1F. The number of sulfonamides is 1. The summed E-state index contributed by atoms with van der Waals surface area (Å²) in [6.45, 7) is 2.69. The molecule has 1 saturated carbocycles. The van der Waals surface area contributed by atoms with Crippen LogP contribution in [0.2, 0.25) is 0 Å². The molecule has 0 radical (unpaired) electrons. The van der Waals surface area contributed by atoms with E-state index in [1.165, 1.54) is 0 Å². The Morgan fingerprint density at radius 2 is 1.90 bits per heavy atom. The van der Waals surface area contributed by atoms with Gasteiger partial charge in [0.25, 0.3) is 0 Å². The van der Waals surface area contributed by atoms with Crippen LogP contribution in [-0.4, -0.2) is 44.6 Å². The highest BCUT2D eigenvalue weighted by Crippen LogP contribution is 2.52. The Morgan fingerprint density at radius 1 is 1.17 bits per heavy atom. The van der Waals surface area contributed by atoms with Crippen molar-refractivity contribution in [2.24, 2.45) is 5.92 Å². The quantitative estimate of drug-likeness (QED) is 0.815. The van der Waals surface area contributed by atoms with Crippen molar-refractivity contribution < 1.29 is 17.6 Å². The summed E-state index contributed by atoms with van der Waals surface area (Å²) < 4.78 is 40.4. The fourth-order valence-electron chi connectivity index (χ4n) is 4.31. The normalized spacial score (nSPS) is 24.0. The monoisotopic (exact) mass is 416 g/mol. The number of hydrogen-bond acceptors (Lipinski definition) is 3. The van der Waals surface area contributed by atoms with E-state index in [9.17, 15) is 13.2 Å². The van der Waals surface area contributed by atoms with Crippen molar-refractivity contribution in [3.05, 3.63) is 59.4 Å². The third kappa shape index (κ3) is 4.21. The molecule has 0 aromatic heterocycles. The van der Waals surface area contributed by atoms with Gasteiger partial charge in [0, 0.05) is 30.6 Å². The van der Waals surface area contributed by atoms with Gasteiger partial charge in [-0.05, 0) is 42.4 Å². The lowest BCUT2D eigenvalue weighted by Crippen LogP contribution is -2.38. The minimum absolute atomic E-state index is 0.00489. The van der Waals surface area contributed by atoms with E-state index in [0.717, 1.165) is 17.4 Å². The second kappa shape index (κ2) is 7.54. The van der Waals surface area contributed by atoms with E-state index in [1.807, 2.05) is 36.4 Å². The minimum atomic E-state index is -3.29. The van der Waals surface area contributed by atoms with Crippen LogP contribution in [-0.2, 0) is 14.8 Å². The summed E-state index contributed by atoms with van der Waals surface area (Å²) in [5.41, 5.74) is 2.87. The van der Waals surface area contributed by atoms with Crippen LogP contribution in [0, 0.1) is 18.7 Å². The Bertz CT molecular complexity index is 1040. The molecule has 2 aromatic rings. The number of carbonyl (C=O) groups is 1. The maximum absolute atomic E-state index is 15.0. The molecule has 5 nitrogen and oxygen atoms in total. The van der Waals surface area contributed by atoms with Gasteiger partial charge in [0.2, 0.25) is 15.9 Å². The van der Waals surface area contributed by atoms with E-state index in [1.54, 1.807) is 17.9 Å². The maximum atomic E-state index is 15.0. The van der Waals surface area contributed by atoms with Crippen LogP contribution >= 0.6 is 0 Å². The largest absolute Gasteiger partial charge is 0.341 e. The summed E-state index contributed by atoms with van der Waals surface area (Å²) in [5, 5.41) is 0. The molecule has 0 bridgehead atoms. The number of carbonyl (C=O) groups excluding carboxylic acids is 1. The lowest BCUT2D eigenvalue weighted by atomic mass is 9.93. The van der Waals surface area contributed by atoms with Gasteiger partial charge in [0.05, 0.1) is 6.26 Å². The Morgan fingerprint density at radius 3 is 2.59 bits per heavy atom. The number of hydrogen-bond donors (Lipinski definition) is 1. The Balaban J connectivity index is 1.53. The third-order valence-corrected chi connectivity index (χ3v) is 6.58. The molecule has 154 valence electrons. The van der Waals surface area contributed by atoms with E-state index in [2.05, 4.69) is 4.72 Å². The van der Waals surface area contributed by atoms with E-state index in [0.29, 0.717) is 37.1 Å². The molecular weight excluding hydrogens is 391 g/mol. The van der Waals surface area contributed by atoms with Gasteiger partial charge in [0.15, 0.2) is 0 Å². The first kappa shape index (κ1) is 20.0. The Labute approximate surface area is 171 Å². The van der Waals surface area contributed by atoms with Crippen molar-refractivity contribution in [3.8, 4) is 11.1 Å². The molecule has 4 rings (SSSR count). The molecule has 1 heterocycles. The number of likely N-dealkylation sites (tertiary alicyclic amines) is 1. The molecule has 1 aliphatic heterocycles. The molecule has 2 aromatic carbocycles. The average molecular weight is 417 g/mol. The van der Waals surface area contributed by atoms with E-state index in [4.69, 9.17) is 0 Å². The van der Waals surface area contributed by atoms with Crippen LogP contribution in [0.3, 0.4) is 0 Å². The van der Waals surface area contributed by atoms with Crippen molar-refractivity contribution in [1.29, 1.82) is 0 Å². The molecule has 1 amide bonds. The smallest absolute Gasteiger partial charge is 0.226 e. The summed E-state index contributed by atoms with van der Waals surface area (Å²) in [5.74, 6) is -0.371. The molecule has 1 aliphatic carbocycles. The van der Waals surface area contributed by atoms with Gasteiger partial charge in [0.1, 0.15) is 5.82 Å². The van der Waals surface area contributed by atoms with E-state index >= 15 is 4.39 Å². The molecule has 2 fully saturated rings. The molecule has 1 saturated heterocycles. The van der Waals surface area contributed by atoms with Gasteiger partial charge in [-0.1, -0.05) is 42.5 Å². The number of benzene rings is 2. The van der Waals surface area contributed by atoms with Gasteiger partial charge in [-0.25, -0.2) is 17.5 Å². The molecule has 7 heteroatoms. The molecule has 1 N–H and O–H groups in total. The predicted octanol–water partition coefficient (Wildman–Crippen LogP) is 3.05. The number of nitrogens with zero attached hydrogens (tertiary/aromatic N) is 1. The van der Waals surface area contributed by atoms with Gasteiger partial charge < -0.3 is 4.90 Å². The first-order valence-electron chi connectivity index (χ1n) is 9.85. The highest BCUT2D eigenvalue weighted by molar-refractivity contribution is 7.88. The van der Waals surface area contributed by atoms with Crippen LogP contribution in [0.15, 0.2) is 42.5 Å². The molecule has 0 unspecified atom stereocenters. The Kier molecular flexibility index (Phi) is 5.21. The summed E-state index contributed by atoms with van der Waals surface area (Å²) in [7, 11) is -3.29. The van der Waals surface area contributed by atoms with Crippen LogP contribution in [0.5, 0.6) is 0 Å². The fraction of sp³-hybridized carbons (Fsp3) is 0.409. The number of amides is 1. The Hall–Kier alpha value is -2.25. The van der Waals surface area contributed by atoms with Crippen LogP contribution in [0.25, 0.3) is 11.1 Å². The summed E-state index contributed by atoms with van der Waals surface area (Å²) in [6, 6.07) is 12.9. The minimum Gasteiger partial charge on any atom is -0.341 e. The van der Waals surface area contributed by atoms with Crippen molar-refractivity contribution in [1.82, 2.24) is 9.62 Å². The first-order valence-corrected chi connectivity index (χ1v) is 11.7. The van der Waals surface area contributed by atoms with Gasteiger partial charge >= 0.3 is 0 Å². The summed E-state index contributed by atoms with van der Waals surface area (Å²) in [6.07, 6.45) is 2.44. The molecule has 3 atom stereocenters. The number of rotatable bonds is 5. The third-order valence-electron chi connectivity index (χ3n) is 5.82. The molecular formula is C22H25FN2O3S. The van der Waals surface area contributed by atoms with Crippen molar-refractivity contribution >= 4 is 15.9 Å². The second-order valence-corrected chi connectivity index (χ2v) is 9.92. The lowest BCUT2D eigenvalue weighted by molar-refractivity contribution is -0.131. The molecule has 0 spiro atoms. The highest BCUT2D eigenvalue weighted by Gasteiger charge is 2.48. The zero-order chi connectivity index (χ0) is 20.8. The standard InChI is InChI=1S/C22H25FN2O3S/c1-14-8-9-17(20(21(14)23)15-6-4-3-5-7-15)18-12-19(18)22(26)25-11-10-16(13-25)24-29(2,27)28/h3-9,16,18-19,24H,10-13H2,1-2H3/t16-,18-,19+/m0/s1. The van der Waals surface area contributed by atoms with Crippen molar-refractivity contribution in [2.45, 2.75) is 31.7 Å². The van der Waals surface area contributed by atoms with Crippen molar-refractivity contribution in [3.63, 3.8) is 0 Å².